The van der Waals surface area contributed by atoms with Gasteiger partial charge in [-0.3, -0.25) is 4.79 Å². The van der Waals surface area contributed by atoms with Gasteiger partial charge >= 0.3 is 12.0 Å². The first-order chi connectivity index (χ1) is 7.59. The molecule has 6 heteroatoms. The Kier molecular flexibility index (Phi) is 4.78. The van der Waals surface area contributed by atoms with E-state index in [0.717, 1.165) is 4.47 Å². The molecule has 0 aliphatic rings. The fourth-order valence-corrected chi connectivity index (χ4v) is 1.40. The van der Waals surface area contributed by atoms with Gasteiger partial charge in [-0.15, -0.1) is 0 Å². The Morgan fingerprint density at radius 2 is 2.00 bits per heavy atom. The van der Waals surface area contributed by atoms with Crippen molar-refractivity contribution in [1.29, 1.82) is 0 Å². The number of carbonyl (C=O) groups is 2. The maximum atomic E-state index is 11.3. The lowest BCUT2D eigenvalue weighted by molar-refractivity contribution is -0.136. The van der Waals surface area contributed by atoms with Crippen molar-refractivity contribution in [3.05, 3.63) is 28.7 Å². The van der Waals surface area contributed by atoms with Gasteiger partial charge in [-0.1, -0.05) is 12.1 Å². The zero-order valence-electron chi connectivity index (χ0n) is 8.37. The molecule has 0 aliphatic carbocycles. The zero-order chi connectivity index (χ0) is 12.0. The van der Waals surface area contributed by atoms with Crippen LogP contribution < -0.4 is 10.6 Å². The smallest absolute Gasteiger partial charge is 0.319 e. The molecule has 0 atom stereocenters. The van der Waals surface area contributed by atoms with Crippen LogP contribution in [-0.4, -0.2) is 23.7 Å². The monoisotopic (exact) mass is 286 g/mol. The summed E-state index contributed by atoms with van der Waals surface area (Å²) in [5.41, 5.74) is 0.635. The minimum Gasteiger partial charge on any atom is -0.481 e. The molecule has 0 fully saturated rings. The molecule has 0 aliphatic heterocycles. The Bertz CT molecular complexity index is 395. The van der Waals surface area contributed by atoms with E-state index in [4.69, 9.17) is 5.11 Å². The van der Waals surface area contributed by atoms with Gasteiger partial charge < -0.3 is 15.7 Å². The summed E-state index contributed by atoms with van der Waals surface area (Å²) in [4.78, 5) is 21.5. The predicted molar refractivity (Wildman–Crippen MR) is 63.4 cm³/mol. The lowest BCUT2D eigenvalue weighted by atomic mass is 10.3. The molecule has 0 heterocycles. The molecule has 0 unspecified atom stereocenters. The molecule has 0 saturated carbocycles. The average Bonchev–Trinajstić information content (AvgIpc) is 2.21. The first-order valence-electron chi connectivity index (χ1n) is 4.61. The maximum Gasteiger partial charge on any atom is 0.319 e. The topological polar surface area (TPSA) is 78.4 Å². The fourth-order valence-electron chi connectivity index (χ4n) is 1.01. The van der Waals surface area contributed by atoms with E-state index in [1.807, 2.05) is 6.07 Å². The van der Waals surface area contributed by atoms with Crippen LogP contribution in [0.3, 0.4) is 0 Å². The van der Waals surface area contributed by atoms with Gasteiger partial charge in [-0.25, -0.2) is 4.79 Å². The number of hydrogen-bond donors (Lipinski definition) is 3. The van der Waals surface area contributed by atoms with Gasteiger partial charge in [0.1, 0.15) is 0 Å². The highest BCUT2D eigenvalue weighted by atomic mass is 79.9. The third-order valence-corrected chi connectivity index (χ3v) is 2.44. The summed E-state index contributed by atoms with van der Waals surface area (Å²) in [6.45, 7) is 0.103. The van der Waals surface area contributed by atoms with E-state index in [2.05, 4.69) is 26.6 Å². The number of carbonyl (C=O) groups excluding carboxylic acids is 1. The van der Waals surface area contributed by atoms with Crippen molar-refractivity contribution < 1.29 is 14.7 Å². The van der Waals surface area contributed by atoms with Crippen molar-refractivity contribution in [3.8, 4) is 0 Å². The number of para-hydroxylation sites is 1. The number of rotatable bonds is 4. The molecular formula is C10H11BrN2O3. The summed E-state index contributed by atoms with van der Waals surface area (Å²) in [5, 5.41) is 13.4. The number of amides is 2. The number of carboxylic acid groups (broad SMARTS) is 1. The van der Waals surface area contributed by atoms with Crippen LogP contribution in [0.2, 0.25) is 0 Å². The van der Waals surface area contributed by atoms with Crippen LogP contribution in [0.4, 0.5) is 10.5 Å². The van der Waals surface area contributed by atoms with Crippen molar-refractivity contribution >= 4 is 33.6 Å². The molecule has 86 valence electrons. The van der Waals surface area contributed by atoms with Crippen LogP contribution in [0.15, 0.2) is 28.7 Å². The van der Waals surface area contributed by atoms with Crippen molar-refractivity contribution in [2.24, 2.45) is 0 Å². The van der Waals surface area contributed by atoms with Gasteiger partial charge in [-0.05, 0) is 28.1 Å². The molecule has 0 radical (unpaired) electrons. The third-order valence-electron chi connectivity index (χ3n) is 1.75. The van der Waals surface area contributed by atoms with E-state index in [1.54, 1.807) is 18.2 Å². The molecule has 1 aromatic rings. The van der Waals surface area contributed by atoms with Crippen molar-refractivity contribution in [2.75, 3.05) is 11.9 Å². The standard InChI is InChI=1S/C10H11BrN2O3/c11-7-3-1-2-4-8(7)13-10(16)12-6-5-9(14)15/h1-4H,5-6H2,(H,14,15)(H2,12,13,16). The zero-order valence-corrected chi connectivity index (χ0v) is 9.95. The first-order valence-corrected chi connectivity index (χ1v) is 5.40. The van der Waals surface area contributed by atoms with E-state index in [1.165, 1.54) is 0 Å². The van der Waals surface area contributed by atoms with Gasteiger partial charge in [0.2, 0.25) is 0 Å². The van der Waals surface area contributed by atoms with Gasteiger partial charge in [0.25, 0.3) is 0 Å². The normalized spacial score (nSPS) is 9.56. The summed E-state index contributed by atoms with van der Waals surface area (Å²) in [6, 6.07) is 6.73. The summed E-state index contributed by atoms with van der Waals surface area (Å²) in [5.74, 6) is -0.943. The van der Waals surface area contributed by atoms with Crippen molar-refractivity contribution in [1.82, 2.24) is 5.32 Å². The molecule has 0 aromatic heterocycles. The van der Waals surface area contributed by atoms with Crippen LogP contribution in [0, 0.1) is 0 Å². The average molecular weight is 287 g/mol. The summed E-state index contributed by atoms with van der Waals surface area (Å²) < 4.78 is 0.767. The fraction of sp³-hybridized carbons (Fsp3) is 0.200. The largest absolute Gasteiger partial charge is 0.481 e. The molecule has 0 spiro atoms. The number of anilines is 1. The molecule has 0 bridgehead atoms. The summed E-state index contributed by atoms with van der Waals surface area (Å²) in [7, 11) is 0. The molecule has 0 saturated heterocycles. The first kappa shape index (κ1) is 12.5. The number of hydrogen-bond acceptors (Lipinski definition) is 2. The second kappa shape index (κ2) is 6.12. The SMILES string of the molecule is O=C(O)CCNC(=O)Nc1ccccc1Br. The van der Waals surface area contributed by atoms with Crippen LogP contribution in [0.25, 0.3) is 0 Å². The molecular weight excluding hydrogens is 276 g/mol. The van der Waals surface area contributed by atoms with Crippen LogP contribution in [0.1, 0.15) is 6.42 Å². The summed E-state index contributed by atoms with van der Waals surface area (Å²) in [6.07, 6.45) is -0.0939. The Hall–Kier alpha value is -1.56. The summed E-state index contributed by atoms with van der Waals surface area (Å²) >= 11 is 3.28. The molecule has 2 amide bonds. The lowest BCUT2D eigenvalue weighted by Gasteiger charge is -2.07. The number of halogens is 1. The molecule has 1 rings (SSSR count). The minimum atomic E-state index is -0.943. The van der Waals surface area contributed by atoms with Crippen LogP contribution in [0.5, 0.6) is 0 Å². The second-order valence-corrected chi connectivity index (χ2v) is 3.86. The van der Waals surface area contributed by atoms with Crippen LogP contribution in [-0.2, 0) is 4.79 Å². The Labute approximate surface area is 101 Å². The molecule has 1 aromatic carbocycles. The maximum absolute atomic E-state index is 11.3. The molecule has 16 heavy (non-hydrogen) atoms. The number of aliphatic carboxylic acids is 1. The lowest BCUT2D eigenvalue weighted by Crippen LogP contribution is -2.30. The Morgan fingerprint density at radius 3 is 2.62 bits per heavy atom. The second-order valence-electron chi connectivity index (χ2n) is 3.00. The predicted octanol–water partition coefficient (Wildman–Crippen LogP) is 2.05. The van der Waals surface area contributed by atoms with Gasteiger partial charge in [0.15, 0.2) is 0 Å². The highest BCUT2D eigenvalue weighted by molar-refractivity contribution is 9.10. The van der Waals surface area contributed by atoms with Crippen molar-refractivity contribution in [2.45, 2.75) is 6.42 Å². The molecule has 3 N–H and O–H groups in total. The van der Waals surface area contributed by atoms with E-state index >= 15 is 0 Å². The van der Waals surface area contributed by atoms with Gasteiger partial charge in [-0.2, -0.15) is 0 Å². The number of nitrogens with one attached hydrogen (secondary N) is 2. The van der Waals surface area contributed by atoms with E-state index in [9.17, 15) is 9.59 Å². The highest BCUT2D eigenvalue weighted by Crippen LogP contribution is 2.20. The van der Waals surface area contributed by atoms with Crippen molar-refractivity contribution in [3.63, 3.8) is 0 Å². The van der Waals surface area contributed by atoms with Crippen LogP contribution >= 0.6 is 15.9 Å². The van der Waals surface area contributed by atoms with Gasteiger partial charge in [0, 0.05) is 11.0 Å². The highest BCUT2D eigenvalue weighted by Gasteiger charge is 2.04. The number of carboxylic acids is 1. The Balaban J connectivity index is 2.40. The van der Waals surface area contributed by atoms with Gasteiger partial charge in [0.05, 0.1) is 12.1 Å². The quantitative estimate of drug-likeness (QED) is 0.793. The Morgan fingerprint density at radius 1 is 1.31 bits per heavy atom. The number of benzene rings is 1. The van der Waals surface area contributed by atoms with E-state index < -0.39 is 12.0 Å². The minimum absolute atomic E-state index is 0.0939. The number of urea groups is 1. The third kappa shape index (κ3) is 4.31. The van der Waals surface area contributed by atoms with E-state index in [0.29, 0.717) is 5.69 Å². The van der Waals surface area contributed by atoms with E-state index in [-0.39, 0.29) is 13.0 Å². The molecule has 5 nitrogen and oxygen atoms in total.